The summed E-state index contributed by atoms with van der Waals surface area (Å²) >= 11 is 1.76. The normalized spacial score (nSPS) is 20.0. The lowest BCUT2D eigenvalue weighted by Crippen LogP contribution is -2.27. The van der Waals surface area contributed by atoms with E-state index >= 15 is 0 Å². The number of hydrogen-bond acceptors (Lipinski definition) is 6. The molecule has 2 aromatic rings. The molecule has 0 bridgehead atoms. The topological polar surface area (TPSA) is 81.1 Å². The first kappa shape index (κ1) is 13.6. The van der Waals surface area contributed by atoms with E-state index in [-0.39, 0.29) is 11.5 Å². The molecule has 108 valence electrons. The van der Waals surface area contributed by atoms with Crippen LogP contribution >= 0.6 is 11.3 Å². The molecule has 0 aliphatic carbocycles. The van der Waals surface area contributed by atoms with Crippen LogP contribution in [0.1, 0.15) is 32.1 Å². The second-order valence-electron chi connectivity index (χ2n) is 6.48. The number of thiophene rings is 1. The highest BCUT2D eigenvalue weighted by Crippen LogP contribution is 2.38. The summed E-state index contributed by atoms with van der Waals surface area (Å²) in [6, 6.07) is 2.36. The Hall–Kier alpha value is -1.40. The minimum Gasteiger partial charge on any atom is -0.368 e. The number of rotatable bonds is 1. The van der Waals surface area contributed by atoms with Crippen molar-refractivity contribution in [1.29, 1.82) is 0 Å². The van der Waals surface area contributed by atoms with Crippen molar-refractivity contribution in [3.05, 3.63) is 10.9 Å². The third-order valence-corrected chi connectivity index (χ3v) is 5.18. The minimum absolute atomic E-state index is 0.110. The van der Waals surface area contributed by atoms with Crippen molar-refractivity contribution in [3.63, 3.8) is 0 Å². The average molecular weight is 291 g/mol. The zero-order chi connectivity index (χ0) is 14.5. The number of nitrogen functional groups attached to an aromatic ring is 1. The van der Waals surface area contributed by atoms with Crippen LogP contribution in [0.5, 0.6) is 0 Å². The van der Waals surface area contributed by atoms with Crippen molar-refractivity contribution in [2.24, 2.45) is 5.73 Å². The van der Waals surface area contributed by atoms with Gasteiger partial charge in [-0.25, -0.2) is 4.98 Å². The molecule has 1 unspecified atom stereocenters. The van der Waals surface area contributed by atoms with Crippen LogP contribution in [0.25, 0.3) is 10.2 Å². The SMILES string of the molecule is CC(C)(C)c1cc2nc(N)nc(N3CCC(N)C3)c2s1. The van der Waals surface area contributed by atoms with E-state index in [2.05, 4.69) is 41.7 Å². The smallest absolute Gasteiger partial charge is 0.222 e. The quantitative estimate of drug-likeness (QED) is 0.841. The van der Waals surface area contributed by atoms with E-state index in [1.54, 1.807) is 11.3 Å². The van der Waals surface area contributed by atoms with E-state index in [0.717, 1.165) is 35.5 Å². The largest absolute Gasteiger partial charge is 0.368 e. The maximum absolute atomic E-state index is 6.01. The Bertz CT molecular complexity index is 643. The van der Waals surface area contributed by atoms with E-state index in [9.17, 15) is 0 Å². The summed E-state index contributed by atoms with van der Waals surface area (Å²) in [7, 11) is 0. The highest BCUT2D eigenvalue weighted by atomic mass is 32.1. The van der Waals surface area contributed by atoms with E-state index in [4.69, 9.17) is 11.5 Å². The molecular formula is C14H21N5S. The lowest BCUT2D eigenvalue weighted by atomic mass is 9.95. The van der Waals surface area contributed by atoms with Crippen molar-refractivity contribution in [2.45, 2.75) is 38.6 Å². The molecule has 1 fully saturated rings. The molecule has 0 saturated carbocycles. The Balaban J connectivity index is 2.13. The molecule has 6 heteroatoms. The Morgan fingerprint density at radius 1 is 1.35 bits per heavy atom. The molecule has 1 aliphatic rings. The molecule has 20 heavy (non-hydrogen) atoms. The van der Waals surface area contributed by atoms with Gasteiger partial charge in [-0.15, -0.1) is 11.3 Å². The third-order valence-electron chi connectivity index (χ3n) is 3.63. The van der Waals surface area contributed by atoms with Gasteiger partial charge in [0.1, 0.15) is 0 Å². The predicted octanol–water partition coefficient (Wildman–Crippen LogP) is 2.11. The summed E-state index contributed by atoms with van der Waals surface area (Å²) in [4.78, 5) is 12.4. The van der Waals surface area contributed by atoms with Gasteiger partial charge in [0, 0.05) is 24.0 Å². The second-order valence-corrected chi connectivity index (χ2v) is 7.53. The Labute approximate surface area is 123 Å². The van der Waals surface area contributed by atoms with Crippen LogP contribution in [0.15, 0.2) is 6.07 Å². The van der Waals surface area contributed by atoms with Gasteiger partial charge in [0.25, 0.3) is 0 Å². The summed E-state index contributed by atoms with van der Waals surface area (Å²) in [5.74, 6) is 1.28. The van der Waals surface area contributed by atoms with Crippen molar-refractivity contribution < 1.29 is 0 Å². The van der Waals surface area contributed by atoms with Crippen LogP contribution in [-0.2, 0) is 5.41 Å². The fourth-order valence-corrected chi connectivity index (χ4v) is 3.67. The first-order valence-corrected chi connectivity index (χ1v) is 7.74. The highest BCUT2D eigenvalue weighted by Gasteiger charge is 2.25. The molecule has 0 aromatic carbocycles. The van der Waals surface area contributed by atoms with E-state index in [1.165, 1.54) is 4.88 Å². The van der Waals surface area contributed by atoms with Gasteiger partial charge in [0.05, 0.1) is 10.2 Å². The molecule has 0 amide bonds. The van der Waals surface area contributed by atoms with Gasteiger partial charge in [-0.3, -0.25) is 0 Å². The molecule has 1 aliphatic heterocycles. The lowest BCUT2D eigenvalue weighted by Gasteiger charge is -2.18. The number of anilines is 2. The number of nitrogens with zero attached hydrogens (tertiary/aromatic N) is 3. The summed E-state index contributed by atoms with van der Waals surface area (Å²) in [6.07, 6.45) is 1.00. The van der Waals surface area contributed by atoms with Crippen molar-refractivity contribution >= 4 is 33.3 Å². The Kier molecular flexibility index (Phi) is 3.10. The van der Waals surface area contributed by atoms with Crippen molar-refractivity contribution in [1.82, 2.24) is 9.97 Å². The molecule has 1 saturated heterocycles. The van der Waals surface area contributed by atoms with E-state index in [0.29, 0.717) is 5.95 Å². The Morgan fingerprint density at radius 2 is 2.10 bits per heavy atom. The monoisotopic (exact) mass is 291 g/mol. The zero-order valence-electron chi connectivity index (χ0n) is 12.2. The summed E-state index contributed by atoms with van der Waals surface area (Å²) in [5, 5.41) is 0. The summed E-state index contributed by atoms with van der Waals surface area (Å²) < 4.78 is 1.12. The maximum atomic E-state index is 6.01. The van der Waals surface area contributed by atoms with Crippen LogP contribution < -0.4 is 16.4 Å². The van der Waals surface area contributed by atoms with Crippen LogP contribution in [0.4, 0.5) is 11.8 Å². The van der Waals surface area contributed by atoms with Gasteiger partial charge in [0.15, 0.2) is 5.82 Å². The molecule has 4 N–H and O–H groups in total. The van der Waals surface area contributed by atoms with Gasteiger partial charge in [-0.2, -0.15) is 4.98 Å². The average Bonchev–Trinajstić information content (AvgIpc) is 2.93. The van der Waals surface area contributed by atoms with Gasteiger partial charge >= 0.3 is 0 Å². The number of hydrogen-bond donors (Lipinski definition) is 2. The van der Waals surface area contributed by atoms with Gasteiger partial charge in [0.2, 0.25) is 5.95 Å². The maximum Gasteiger partial charge on any atom is 0.222 e. The van der Waals surface area contributed by atoms with Gasteiger partial charge in [-0.1, -0.05) is 20.8 Å². The standard InChI is InChI=1S/C14H21N5S/c1-14(2,3)10-6-9-11(20-10)12(18-13(16)17-9)19-5-4-8(15)7-19/h6,8H,4-5,7,15H2,1-3H3,(H2,16,17,18). The summed E-state index contributed by atoms with van der Waals surface area (Å²) in [6.45, 7) is 8.41. The second kappa shape index (κ2) is 4.56. The van der Waals surface area contributed by atoms with Crippen LogP contribution in [-0.4, -0.2) is 29.1 Å². The molecule has 2 aromatic heterocycles. The predicted molar refractivity (Wildman–Crippen MR) is 85.3 cm³/mol. The van der Waals surface area contributed by atoms with Crippen molar-refractivity contribution in [3.8, 4) is 0 Å². The third kappa shape index (κ3) is 2.33. The zero-order valence-corrected chi connectivity index (χ0v) is 13.0. The molecule has 5 nitrogen and oxygen atoms in total. The van der Waals surface area contributed by atoms with Crippen LogP contribution in [0.3, 0.4) is 0 Å². The van der Waals surface area contributed by atoms with Crippen molar-refractivity contribution in [2.75, 3.05) is 23.7 Å². The number of aromatic nitrogens is 2. The number of fused-ring (bicyclic) bond motifs is 1. The molecule has 0 spiro atoms. The Morgan fingerprint density at radius 3 is 2.70 bits per heavy atom. The van der Waals surface area contributed by atoms with E-state index < -0.39 is 0 Å². The summed E-state index contributed by atoms with van der Waals surface area (Å²) in [5.41, 5.74) is 12.9. The first-order chi connectivity index (χ1) is 9.34. The highest BCUT2D eigenvalue weighted by molar-refractivity contribution is 7.19. The molecule has 3 rings (SSSR count). The fraction of sp³-hybridized carbons (Fsp3) is 0.571. The molecule has 0 radical (unpaired) electrons. The van der Waals surface area contributed by atoms with Gasteiger partial charge < -0.3 is 16.4 Å². The first-order valence-electron chi connectivity index (χ1n) is 6.92. The fourth-order valence-electron chi connectivity index (χ4n) is 2.50. The molecular weight excluding hydrogens is 270 g/mol. The molecule has 1 atom stereocenters. The number of nitrogens with two attached hydrogens (primary N) is 2. The van der Waals surface area contributed by atoms with E-state index in [1.807, 2.05) is 0 Å². The van der Waals surface area contributed by atoms with Crippen LogP contribution in [0.2, 0.25) is 0 Å². The van der Waals surface area contributed by atoms with Gasteiger partial charge in [-0.05, 0) is 17.9 Å². The van der Waals surface area contributed by atoms with Crippen LogP contribution in [0, 0.1) is 0 Å². The lowest BCUT2D eigenvalue weighted by molar-refractivity contribution is 0.604. The minimum atomic E-state index is 0.110. The molecule has 3 heterocycles.